The first-order valence-corrected chi connectivity index (χ1v) is 10.8. The largest absolute Gasteiger partial charge is 0.497 e. The third-order valence-electron chi connectivity index (χ3n) is 5.60. The number of halogens is 1. The number of nitrogens with one attached hydrogen (secondary N) is 1. The number of imidazole rings is 1. The monoisotopic (exact) mass is 464 g/mol. The predicted molar refractivity (Wildman–Crippen MR) is 123 cm³/mol. The number of anilines is 1. The summed E-state index contributed by atoms with van der Waals surface area (Å²) in [6, 6.07) is 10.6. The Kier molecular flexibility index (Phi) is 5.47. The van der Waals surface area contributed by atoms with Gasteiger partial charge in [-0.1, -0.05) is 11.6 Å². The Hall–Kier alpha value is -3.85. The van der Waals surface area contributed by atoms with E-state index >= 15 is 0 Å². The summed E-state index contributed by atoms with van der Waals surface area (Å²) in [5.41, 5.74) is 2.74. The minimum atomic E-state index is -0.280. The number of rotatable bonds is 4. The van der Waals surface area contributed by atoms with Gasteiger partial charge >= 0.3 is 0 Å². The van der Waals surface area contributed by atoms with Crippen molar-refractivity contribution in [1.29, 1.82) is 0 Å². The molecule has 0 atom stereocenters. The molecule has 0 bridgehead atoms. The van der Waals surface area contributed by atoms with E-state index in [0.717, 1.165) is 6.42 Å². The quantitative estimate of drug-likeness (QED) is 0.499. The Balaban J connectivity index is 1.38. The molecule has 10 heteroatoms. The van der Waals surface area contributed by atoms with Crippen LogP contribution in [0.25, 0.3) is 5.65 Å². The number of hydrogen-bond donors (Lipinski definition) is 1. The molecule has 0 unspecified atom stereocenters. The maximum Gasteiger partial charge on any atom is 0.274 e. The fraction of sp³-hybridized carbons (Fsp3) is 0.217. The number of pyridine rings is 1. The third kappa shape index (κ3) is 4.14. The minimum absolute atomic E-state index is 0.203. The van der Waals surface area contributed by atoms with E-state index in [2.05, 4.69) is 15.4 Å². The van der Waals surface area contributed by atoms with Gasteiger partial charge in [-0.3, -0.25) is 14.3 Å². The van der Waals surface area contributed by atoms with Gasteiger partial charge in [0.2, 0.25) is 0 Å². The van der Waals surface area contributed by atoms with Crippen LogP contribution in [0.1, 0.15) is 33.0 Å². The van der Waals surface area contributed by atoms with Crippen LogP contribution in [0.2, 0.25) is 5.02 Å². The van der Waals surface area contributed by atoms with E-state index in [9.17, 15) is 9.59 Å². The highest BCUT2D eigenvalue weighted by Gasteiger charge is 2.27. The molecule has 168 valence electrons. The molecule has 0 saturated heterocycles. The number of ether oxygens (including phenoxy) is 1. The Labute approximate surface area is 194 Å². The van der Waals surface area contributed by atoms with Gasteiger partial charge in [-0.2, -0.15) is 5.10 Å². The van der Waals surface area contributed by atoms with E-state index < -0.39 is 0 Å². The molecule has 0 spiro atoms. The summed E-state index contributed by atoms with van der Waals surface area (Å²) in [4.78, 5) is 32.4. The number of amides is 2. The fourth-order valence-corrected chi connectivity index (χ4v) is 4.07. The normalized spacial score (nSPS) is 13.5. The summed E-state index contributed by atoms with van der Waals surface area (Å²) in [6.07, 6.45) is 5.65. The molecule has 2 amide bonds. The number of carbonyl (C=O) groups is 2. The van der Waals surface area contributed by atoms with Crippen molar-refractivity contribution in [1.82, 2.24) is 24.1 Å². The average Bonchev–Trinajstić information content (AvgIpc) is 3.36. The van der Waals surface area contributed by atoms with E-state index in [0.29, 0.717) is 52.1 Å². The van der Waals surface area contributed by atoms with Gasteiger partial charge < -0.3 is 19.4 Å². The predicted octanol–water partition coefficient (Wildman–Crippen LogP) is 3.49. The maximum absolute atomic E-state index is 13.2. The van der Waals surface area contributed by atoms with Gasteiger partial charge in [-0.05, 0) is 42.8 Å². The summed E-state index contributed by atoms with van der Waals surface area (Å²) >= 11 is 6.04. The first-order valence-electron chi connectivity index (χ1n) is 10.5. The molecular weight excluding hydrogens is 444 g/mol. The lowest BCUT2D eigenvalue weighted by molar-refractivity contribution is 0.0738. The molecule has 5 rings (SSSR count). The minimum Gasteiger partial charge on any atom is -0.497 e. The Morgan fingerprint density at radius 1 is 1.09 bits per heavy atom. The van der Waals surface area contributed by atoms with Gasteiger partial charge in [0.05, 0.1) is 36.1 Å². The molecule has 4 aromatic rings. The molecule has 0 radical (unpaired) electrons. The van der Waals surface area contributed by atoms with Crippen LogP contribution in [0.4, 0.5) is 5.69 Å². The SMILES string of the molecule is COc1ccc(NC(=O)c2cnn3c2CN(C(=O)c2cn4cc(Cl)ccc4n2)CCC3)cc1. The maximum atomic E-state index is 13.2. The first-order chi connectivity index (χ1) is 16.0. The lowest BCUT2D eigenvalue weighted by atomic mass is 10.2. The van der Waals surface area contributed by atoms with Crippen molar-refractivity contribution < 1.29 is 14.3 Å². The van der Waals surface area contributed by atoms with Crippen LogP contribution in [0.3, 0.4) is 0 Å². The lowest BCUT2D eigenvalue weighted by Crippen LogP contribution is -2.31. The molecule has 1 aliphatic rings. The second kappa shape index (κ2) is 8.59. The van der Waals surface area contributed by atoms with Crippen LogP contribution in [-0.4, -0.2) is 49.5 Å². The third-order valence-corrected chi connectivity index (χ3v) is 5.82. The topological polar surface area (TPSA) is 93.8 Å². The molecule has 9 nitrogen and oxygen atoms in total. The highest BCUT2D eigenvalue weighted by Crippen LogP contribution is 2.21. The van der Waals surface area contributed by atoms with Crippen molar-refractivity contribution in [3.05, 3.63) is 77.0 Å². The lowest BCUT2D eigenvalue weighted by Gasteiger charge is -2.19. The Bertz CT molecular complexity index is 1340. The van der Waals surface area contributed by atoms with Gasteiger partial charge in [-0.15, -0.1) is 0 Å². The summed E-state index contributed by atoms with van der Waals surface area (Å²) in [5.74, 6) is 0.222. The van der Waals surface area contributed by atoms with Crippen molar-refractivity contribution in [2.75, 3.05) is 19.0 Å². The van der Waals surface area contributed by atoms with E-state index in [1.54, 1.807) is 76.1 Å². The zero-order valence-corrected chi connectivity index (χ0v) is 18.6. The van der Waals surface area contributed by atoms with Crippen LogP contribution in [0, 0.1) is 0 Å². The zero-order valence-electron chi connectivity index (χ0n) is 17.9. The summed E-state index contributed by atoms with van der Waals surface area (Å²) in [5, 5.41) is 7.83. The second-order valence-electron chi connectivity index (χ2n) is 7.73. The molecule has 0 saturated carbocycles. The zero-order chi connectivity index (χ0) is 22.9. The van der Waals surface area contributed by atoms with Crippen molar-refractivity contribution in [3.8, 4) is 5.75 Å². The molecule has 1 aliphatic heterocycles. The molecule has 0 fully saturated rings. The highest BCUT2D eigenvalue weighted by molar-refractivity contribution is 6.30. The smallest absolute Gasteiger partial charge is 0.274 e. The summed E-state index contributed by atoms with van der Waals surface area (Å²) < 4.78 is 8.67. The van der Waals surface area contributed by atoms with E-state index in [-0.39, 0.29) is 18.4 Å². The number of fused-ring (bicyclic) bond motifs is 2. The van der Waals surface area contributed by atoms with Crippen LogP contribution in [0.15, 0.2) is 55.0 Å². The number of benzene rings is 1. The number of methoxy groups -OCH3 is 1. The second-order valence-corrected chi connectivity index (χ2v) is 8.17. The molecule has 33 heavy (non-hydrogen) atoms. The number of aromatic nitrogens is 4. The number of nitrogens with zero attached hydrogens (tertiary/aromatic N) is 5. The summed E-state index contributed by atoms with van der Waals surface area (Å²) in [6.45, 7) is 1.42. The number of hydrogen-bond acceptors (Lipinski definition) is 5. The van der Waals surface area contributed by atoms with Gasteiger partial charge in [0, 0.05) is 31.2 Å². The van der Waals surface area contributed by atoms with Crippen LogP contribution in [0.5, 0.6) is 5.75 Å². The number of aryl methyl sites for hydroxylation is 1. The molecule has 4 heterocycles. The van der Waals surface area contributed by atoms with E-state index in [4.69, 9.17) is 16.3 Å². The fourth-order valence-electron chi connectivity index (χ4n) is 3.91. The van der Waals surface area contributed by atoms with Crippen LogP contribution < -0.4 is 10.1 Å². The molecule has 3 aromatic heterocycles. The van der Waals surface area contributed by atoms with Crippen molar-refractivity contribution >= 4 is 34.7 Å². The van der Waals surface area contributed by atoms with E-state index in [1.807, 2.05) is 0 Å². The summed E-state index contributed by atoms with van der Waals surface area (Å²) in [7, 11) is 1.59. The van der Waals surface area contributed by atoms with Crippen LogP contribution >= 0.6 is 11.6 Å². The van der Waals surface area contributed by atoms with Crippen molar-refractivity contribution in [3.63, 3.8) is 0 Å². The molecule has 1 aromatic carbocycles. The van der Waals surface area contributed by atoms with E-state index in [1.165, 1.54) is 0 Å². The standard InChI is InChI=1S/C23H21ClN6O3/c1-33-17-6-4-16(5-7-17)26-22(31)18-11-25-30-10-2-9-28(14-20(18)30)23(32)19-13-29-12-15(24)3-8-21(29)27-19/h3-8,11-13H,2,9-10,14H2,1H3,(H,26,31). The van der Waals surface area contributed by atoms with Gasteiger partial charge in [0.1, 0.15) is 17.1 Å². The van der Waals surface area contributed by atoms with Crippen molar-refractivity contribution in [2.45, 2.75) is 19.5 Å². The molecular formula is C23H21ClN6O3. The van der Waals surface area contributed by atoms with Gasteiger partial charge in [0.25, 0.3) is 11.8 Å². The Morgan fingerprint density at radius 2 is 1.91 bits per heavy atom. The first kappa shape index (κ1) is 21.0. The average molecular weight is 465 g/mol. The molecule has 1 N–H and O–H groups in total. The van der Waals surface area contributed by atoms with Gasteiger partial charge in [0.15, 0.2) is 0 Å². The molecule has 0 aliphatic carbocycles. The van der Waals surface area contributed by atoms with Gasteiger partial charge in [-0.25, -0.2) is 4.98 Å². The Morgan fingerprint density at radius 3 is 2.70 bits per heavy atom. The van der Waals surface area contributed by atoms with Crippen molar-refractivity contribution in [2.24, 2.45) is 0 Å². The highest BCUT2D eigenvalue weighted by atomic mass is 35.5. The number of carbonyl (C=O) groups excluding carboxylic acids is 2. The van der Waals surface area contributed by atoms with Crippen LogP contribution in [-0.2, 0) is 13.1 Å².